The average molecular weight is 607 g/mol. The molecule has 0 spiro atoms. The third-order valence-corrected chi connectivity index (χ3v) is 6.61. The van der Waals surface area contributed by atoms with Crippen molar-refractivity contribution in [3.8, 4) is 5.75 Å². The number of aromatic nitrogens is 6. The lowest BCUT2D eigenvalue weighted by atomic mass is 10.0. The van der Waals surface area contributed by atoms with E-state index in [0.29, 0.717) is 41.3 Å². The van der Waals surface area contributed by atoms with Gasteiger partial charge in [0.05, 0.1) is 55.5 Å². The largest absolute Gasteiger partial charge is 0.497 e. The molecule has 4 aromatic rings. The van der Waals surface area contributed by atoms with Crippen molar-refractivity contribution in [1.29, 1.82) is 0 Å². The van der Waals surface area contributed by atoms with Crippen LogP contribution >= 0.6 is 11.6 Å². The summed E-state index contributed by atoms with van der Waals surface area (Å²) in [5, 5.41) is 15.1. The molecular weight excluding hydrogens is 581 g/mol. The van der Waals surface area contributed by atoms with Crippen LogP contribution in [-0.2, 0) is 24.1 Å². The van der Waals surface area contributed by atoms with E-state index in [1.807, 2.05) is 4.90 Å². The number of halogens is 4. The van der Waals surface area contributed by atoms with Gasteiger partial charge < -0.3 is 24.1 Å². The van der Waals surface area contributed by atoms with Crippen LogP contribution in [0.25, 0.3) is 0 Å². The number of alkyl halides is 3. The van der Waals surface area contributed by atoms with Crippen molar-refractivity contribution in [3.63, 3.8) is 0 Å². The summed E-state index contributed by atoms with van der Waals surface area (Å²) in [5.41, 5.74) is -2.44. The van der Waals surface area contributed by atoms with Gasteiger partial charge in [0, 0.05) is 19.1 Å². The van der Waals surface area contributed by atoms with Crippen molar-refractivity contribution in [2.75, 3.05) is 37.0 Å². The highest BCUT2D eigenvalue weighted by molar-refractivity contribution is 6.30. The first-order valence-corrected chi connectivity index (χ1v) is 13.2. The Morgan fingerprint density at radius 3 is 2.52 bits per heavy atom. The van der Waals surface area contributed by atoms with Crippen LogP contribution in [0.2, 0.25) is 5.02 Å². The third kappa shape index (κ3) is 6.79. The predicted octanol–water partition coefficient (Wildman–Crippen LogP) is 3.77. The maximum Gasteiger partial charge on any atom is 0.423 e. The molecule has 4 heterocycles. The number of benzene rings is 1. The molecule has 0 saturated carbocycles. The number of methoxy groups -OCH3 is 1. The molecule has 16 heteroatoms. The van der Waals surface area contributed by atoms with Gasteiger partial charge in [-0.15, -0.1) is 10.2 Å². The fourth-order valence-corrected chi connectivity index (χ4v) is 4.37. The monoisotopic (exact) mass is 606 g/mol. The van der Waals surface area contributed by atoms with Crippen molar-refractivity contribution in [2.45, 2.75) is 38.2 Å². The van der Waals surface area contributed by atoms with Gasteiger partial charge in [0.1, 0.15) is 17.9 Å². The summed E-state index contributed by atoms with van der Waals surface area (Å²) in [5.74, 6) is 1.82. The zero-order valence-electron chi connectivity index (χ0n) is 22.5. The molecule has 1 saturated heterocycles. The first kappa shape index (κ1) is 29.3. The standard InChI is InChI=1S/C26H26ClF3N8O4/c1-15(13-41-14-21-35-36-23(42-21)17-11-37(12-17)25-31-7-18(27)8-32-25)34-20-9-33-38(24(39)22(20)26(28,29)30)10-16-3-5-19(40-2)6-4-16/h3-9,15,17,34H,10-14H2,1-2H3. The van der Waals surface area contributed by atoms with Crippen molar-refractivity contribution < 1.29 is 27.1 Å². The second-order valence-electron chi connectivity index (χ2n) is 9.64. The van der Waals surface area contributed by atoms with Crippen LogP contribution in [-0.4, -0.2) is 62.8 Å². The molecule has 0 radical (unpaired) electrons. The van der Waals surface area contributed by atoms with Gasteiger partial charge in [0.15, 0.2) is 0 Å². The number of nitrogens with zero attached hydrogens (tertiary/aromatic N) is 7. The summed E-state index contributed by atoms with van der Waals surface area (Å²) in [7, 11) is 1.50. The van der Waals surface area contributed by atoms with Crippen LogP contribution in [0.3, 0.4) is 0 Å². The minimum absolute atomic E-state index is 0.00491. The molecule has 222 valence electrons. The van der Waals surface area contributed by atoms with Crippen LogP contribution < -0.4 is 20.5 Å². The quantitative estimate of drug-likeness (QED) is 0.267. The fourth-order valence-electron chi connectivity index (χ4n) is 4.28. The molecule has 12 nitrogen and oxygen atoms in total. The van der Waals surface area contributed by atoms with E-state index in [1.54, 1.807) is 31.2 Å². The zero-order valence-corrected chi connectivity index (χ0v) is 23.3. The number of nitrogens with one attached hydrogen (secondary N) is 1. The van der Waals surface area contributed by atoms with Crippen LogP contribution in [0.1, 0.15) is 35.7 Å². The zero-order chi connectivity index (χ0) is 29.9. The van der Waals surface area contributed by atoms with Gasteiger partial charge in [-0.05, 0) is 24.6 Å². The Hall–Kier alpha value is -4.24. The SMILES string of the molecule is COc1ccc(Cn2ncc(NC(C)COCc3nnc(C4CN(c5ncc(Cl)cn5)C4)o3)c(C(F)(F)F)c2=O)cc1. The van der Waals surface area contributed by atoms with E-state index in [1.165, 1.54) is 19.5 Å². The molecule has 1 unspecified atom stereocenters. The molecule has 1 aromatic carbocycles. The Morgan fingerprint density at radius 1 is 1.14 bits per heavy atom. The maximum atomic E-state index is 13.9. The minimum atomic E-state index is -4.90. The topological polar surface area (TPSA) is 133 Å². The van der Waals surface area contributed by atoms with Crippen LogP contribution in [0.4, 0.5) is 24.8 Å². The Balaban J connectivity index is 1.15. The number of rotatable bonds is 11. The van der Waals surface area contributed by atoms with E-state index < -0.39 is 29.0 Å². The highest BCUT2D eigenvalue weighted by atomic mass is 35.5. The number of hydrogen-bond acceptors (Lipinski definition) is 11. The van der Waals surface area contributed by atoms with Gasteiger partial charge in [-0.2, -0.15) is 18.3 Å². The van der Waals surface area contributed by atoms with Gasteiger partial charge in [-0.3, -0.25) is 4.79 Å². The highest BCUT2D eigenvalue weighted by Crippen LogP contribution is 2.32. The molecule has 5 rings (SSSR count). The molecule has 0 bridgehead atoms. The van der Waals surface area contributed by atoms with E-state index in [-0.39, 0.29) is 31.6 Å². The molecule has 1 aliphatic heterocycles. The van der Waals surface area contributed by atoms with Gasteiger partial charge in [-0.1, -0.05) is 23.7 Å². The number of ether oxygens (including phenoxy) is 2. The summed E-state index contributed by atoms with van der Waals surface area (Å²) in [6, 6.07) is 5.99. The summed E-state index contributed by atoms with van der Waals surface area (Å²) in [4.78, 5) is 23.1. The van der Waals surface area contributed by atoms with Gasteiger partial charge in [0.25, 0.3) is 5.56 Å². The van der Waals surface area contributed by atoms with Crippen LogP contribution in [0.15, 0.2) is 52.1 Å². The summed E-state index contributed by atoms with van der Waals surface area (Å²) in [6.07, 6.45) is -0.867. The third-order valence-electron chi connectivity index (χ3n) is 6.42. The van der Waals surface area contributed by atoms with Crippen LogP contribution in [0, 0.1) is 0 Å². The lowest BCUT2D eigenvalue weighted by Gasteiger charge is -2.36. The highest BCUT2D eigenvalue weighted by Gasteiger charge is 2.38. The summed E-state index contributed by atoms with van der Waals surface area (Å²) >= 11 is 5.82. The minimum Gasteiger partial charge on any atom is -0.497 e. The summed E-state index contributed by atoms with van der Waals surface area (Å²) < 4.78 is 58.9. The molecule has 0 amide bonds. The lowest BCUT2D eigenvalue weighted by molar-refractivity contribution is -0.138. The van der Waals surface area contributed by atoms with E-state index in [0.717, 1.165) is 10.9 Å². The van der Waals surface area contributed by atoms with Crippen molar-refractivity contribution in [2.24, 2.45) is 0 Å². The number of anilines is 2. The first-order chi connectivity index (χ1) is 20.1. The second-order valence-corrected chi connectivity index (χ2v) is 10.1. The van der Waals surface area contributed by atoms with Gasteiger partial charge >= 0.3 is 6.18 Å². The van der Waals surface area contributed by atoms with E-state index in [2.05, 4.69) is 30.6 Å². The molecule has 1 aliphatic rings. The molecule has 42 heavy (non-hydrogen) atoms. The van der Waals surface area contributed by atoms with E-state index in [4.69, 9.17) is 25.5 Å². The Labute approximate surface area is 242 Å². The van der Waals surface area contributed by atoms with Gasteiger partial charge in [0.2, 0.25) is 17.7 Å². The molecule has 3 aromatic heterocycles. The van der Waals surface area contributed by atoms with Crippen LogP contribution in [0.5, 0.6) is 5.75 Å². The lowest BCUT2D eigenvalue weighted by Crippen LogP contribution is -2.46. The average Bonchev–Trinajstić information content (AvgIpc) is 3.38. The maximum absolute atomic E-state index is 13.9. The van der Waals surface area contributed by atoms with Crippen molar-refractivity contribution >= 4 is 23.2 Å². The van der Waals surface area contributed by atoms with E-state index >= 15 is 0 Å². The molecule has 0 aliphatic carbocycles. The molecule has 1 atom stereocenters. The van der Waals surface area contributed by atoms with E-state index in [9.17, 15) is 18.0 Å². The van der Waals surface area contributed by atoms with Crippen molar-refractivity contribution in [3.05, 3.63) is 81.1 Å². The Kier molecular flexibility index (Phi) is 8.59. The Bertz CT molecular complexity index is 1560. The normalized spacial score (nSPS) is 14.5. The smallest absolute Gasteiger partial charge is 0.423 e. The molecular formula is C26H26ClF3N8O4. The fraction of sp³-hybridized carbons (Fsp3) is 0.385. The predicted molar refractivity (Wildman–Crippen MR) is 145 cm³/mol. The number of hydrogen-bond donors (Lipinski definition) is 1. The van der Waals surface area contributed by atoms with Gasteiger partial charge in [-0.25, -0.2) is 14.6 Å². The molecule has 1 N–H and O–H groups in total. The second kappa shape index (κ2) is 12.3. The van der Waals surface area contributed by atoms with Crippen molar-refractivity contribution in [1.82, 2.24) is 29.9 Å². The Morgan fingerprint density at radius 2 is 1.86 bits per heavy atom. The first-order valence-electron chi connectivity index (χ1n) is 12.8. The summed E-state index contributed by atoms with van der Waals surface area (Å²) in [6.45, 7) is 2.63. The molecule has 1 fully saturated rings.